The second-order valence-corrected chi connectivity index (χ2v) is 10.2. The van der Waals surface area contributed by atoms with Crippen LogP contribution in [0.5, 0.6) is 0 Å². The summed E-state index contributed by atoms with van der Waals surface area (Å²) in [5.41, 5.74) is 7.18. The predicted octanol–water partition coefficient (Wildman–Crippen LogP) is 5.40. The molecule has 0 aromatic heterocycles. The van der Waals surface area contributed by atoms with Gasteiger partial charge < -0.3 is 20.1 Å². The summed E-state index contributed by atoms with van der Waals surface area (Å²) in [7, 11) is 0. The molecule has 31 heavy (non-hydrogen) atoms. The maximum Gasteiger partial charge on any atom is 0.410 e. The number of hydrogen-bond donors (Lipinski definition) is 1. The lowest BCUT2D eigenvalue weighted by Gasteiger charge is -2.48. The molecule has 3 rings (SSSR count). The molecule has 0 bridgehead atoms. The topological polar surface area (TPSA) is 64.8 Å². The Morgan fingerprint density at radius 3 is 2.52 bits per heavy atom. The Hall–Kier alpha value is -1.85. The number of carbonyl (C=O) groups excluding carboxylic acids is 1. The van der Waals surface area contributed by atoms with E-state index >= 15 is 0 Å². The van der Waals surface area contributed by atoms with E-state index in [1.165, 1.54) is 5.56 Å². The molecule has 1 aliphatic heterocycles. The van der Waals surface area contributed by atoms with Crippen molar-refractivity contribution in [3.63, 3.8) is 0 Å². The van der Waals surface area contributed by atoms with Crippen LogP contribution in [-0.4, -0.2) is 47.4 Å². The zero-order chi connectivity index (χ0) is 22.5. The van der Waals surface area contributed by atoms with Crippen LogP contribution in [-0.2, 0) is 9.47 Å². The summed E-state index contributed by atoms with van der Waals surface area (Å²) in [6.07, 6.45) is 8.50. The zero-order valence-electron chi connectivity index (χ0n) is 19.5. The average Bonchev–Trinajstić information content (AvgIpc) is 2.72. The Morgan fingerprint density at radius 2 is 1.90 bits per heavy atom. The number of carbonyl (C=O) groups is 1. The van der Waals surface area contributed by atoms with Crippen molar-refractivity contribution in [1.82, 2.24) is 4.90 Å². The van der Waals surface area contributed by atoms with Crippen molar-refractivity contribution in [2.75, 3.05) is 13.2 Å². The first-order valence-electron chi connectivity index (χ1n) is 11.8. The van der Waals surface area contributed by atoms with Gasteiger partial charge in [-0.3, -0.25) is 0 Å². The van der Waals surface area contributed by atoms with Crippen molar-refractivity contribution in [1.29, 1.82) is 0 Å². The van der Waals surface area contributed by atoms with E-state index in [0.29, 0.717) is 25.5 Å². The van der Waals surface area contributed by atoms with Crippen LogP contribution in [0, 0.1) is 0 Å². The smallest absolute Gasteiger partial charge is 0.410 e. The van der Waals surface area contributed by atoms with Crippen molar-refractivity contribution >= 4 is 6.09 Å². The maximum absolute atomic E-state index is 12.9. The molecule has 1 aromatic rings. The summed E-state index contributed by atoms with van der Waals surface area (Å²) in [6.45, 7) is 10.7. The summed E-state index contributed by atoms with van der Waals surface area (Å²) in [5.74, 6) is 0.614. The highest BCUT2D eigenvalue weighted by molar-refractivity contribution is 5.69. The molecule has 1 aliphatic carbocycles. The van der Waals surface area contributed by atoms with E-state index in [4.69, 9.17) is 15.2 Å². The van der Waals surface area contributed by atoms with Crippen LogP contribution in [0.25, 0.3) is 0 Å². The molecule has 5 heteroatoms. The molecule has 2 fully saturated rings. The Morgan fingerprint density at radius 1 is 1.23 bits per heavy atom. The molecule has 0 radical (unpaired) electrons. The summed E-state index contributed by atoms with van der Waals surface area (Å²) in [6, 6.07) is 10.6. The summed E-state index contributed by atoms with van der Waals surface area (Å²) >= 11 is 0. The molecule has 172 valence electrons. The normalized spacial score (nSPS) is 29.4. The number of amides is 1. The van der Waals surface area contributed by atoms with Gasteiger partial charge in [0.2, 0.25) is 0 Å². The first-order chi connectivity index (χ1) is 14.7. The molecular weight excluding hydrogens is 388 g/mol. The van der Waals surface area contributed by atoms with Crippen LogP contribution >= 0.6 is 0 Å². The fourth-order valence-electron chi connectivity index (χ4n) is 5.03. The van der Waals surface area contributed by atoms with Gasteiger partial charge in [-0.1, -0.05) is 36.4 Å². The maximum atomic E-state index is 12.9. The van der Waals surface area contributed by atoms with Crippen molar-refractivity contribution in [3.8, 4) is 0 Å². The van der Waals surface area contributed by atoms with Crippen molar-refractivity contribution in [2.24, 2.45) is 5.73 Å². The van der Waals surface area contributed by atoms with Crippen LogP contribution < -0.4 is 5.73 Å². The van der Waals surface area contributed by atoms with Gasteiger partial charge in [-0.15, -0.1) is 6.58 Å². The van der Waals surface area contributed by atoms with Crippen LogP contribution in [0.4, 0.5) is 4.79 Å². The lowest BCUT2D eigenvalue weighted by atomic mass is 9.79. The summed E-state index contributed by atoms with van der Waals surface area (Å²) in [4.78, 5) is 14.7. The highest BCUT2D eigenvalue weighted by atomic mass is 16.6. The second-order valence-electron chi connectivity index (χ2n) is 10.2. The van der Waals surface area contributed by atoms with Gasteiger partial charge in [0.25, 0.3) is 0 Å². The van der Waals surface area contributed by atoms with E-state index in [1.54, 1.807) is 4.90 Å². The van der Waals surface area contributed by atoms with Crippen LogP contribution in [0.1, 0.15) is 77.2 Å². The summed E-state index contributed by atoms with van der Waals surface area (Å²) in [5, 5.41) is 0. The highest BCUT2D eigenvalue weighted by Crippen LogP contribution is 2.35. The van der Waals surface area contributed by atoms with Gasteiger partial charge in [0, 0.05) is 12.1 Å². The Bertz CT molecular complexity index is 722. The molecule has 5 nitrogen and oxygen atoms in total. The molecule has 1 amide bonds. The van der Waals surface area contributed by atoms with Gasteiger partial charge in [-0.2, -0.15) is 0 Å². The van der Waals surface area contributed by atoms with Crippen molar-refractivity contribution in [2.45, 2.75) is 94.9 Å². The first-order valence-corrected chi connectivity index (χ1v) is 11.8. The molecule has 2 atom stereocenters. The van der Waals surface area contributed by atoms with Gasteiger partial charge in [0.05, 0.1) is 18.8 Å². The minimum atomic E-state index is -0.536. The van der Waals surface area contributed by atoms with Gasteiger partial charge in [0.15, 0.2) is 0 Å². The molecule has 2 N–H and O–H groups in total. The number of hydrogen-bond acceptors (Lipinski definition) is 4. The van der Waals surface area contributed by atoms with E-state index in [0.717, 1.165) is 38.5 Å². The predicted molar refractivity (Wildman–Crippen MR) is 125 cm³/mol. The fraction of sp³-hybridized carbons (Fsp3) is 0.654. The van der Waals surface area contributed by atoms with Gasteiger partial charge >= 0.3 is 6.09 Å². The van der Waals surface area contributed by atoms with E-state index in [-0.39, 0.29) is 18.2 Å². The molecule has 0 unspecified atom stereocenters. The second kappa shape index (κ2) is 10.2. The molecule has 1 heterocycles. The minimum Gasteiger partial charge on any atom is -0.444 e. The van der Waals surface area contributed by atoms with E-state index < -0.39 is 11.1 Å². The molecule has 2 aliphatic rings. The van der Waals surface area contributed by atoms with Crippen LogP contribution in [0.15, 0.2) is 43.0 Å². The van der Waals surface area contributed by atoms with Gasteiger partial charge in [0.1, 0.15) is 5.60 Å². The molecule has 1 saturated heterocycles. The van der Waals surface area contributed by atoms with Gasteiger partial charge in [-0.25, -0.2) is 4.79 Å². The Labute approximate surface area is 188 Å². The quantitative estimate of drug-likeness (QED) is 0.616. The van der Waals surface area contributed by atoms with Gasteiger partial charge in [-0.05, 0) is 77.2 Å². The molecular formula is C26H40N2O3. The molecule has 1 aromatic carbocycles. The third-order valence-electron chi connectivity index (χ3n) is 6.67. The average molecular weight is 429 g/mol. The number of benzene rings is 1. The number of rotatable bonds is 6. The van der Waals surface area contributed by atoms with E-state index in [9.17, 15) is 4.79 Å². The Balaban J connectivity index is 1.62. The molecule has 0 spiro atoms. The lowest BCUT2D eigenvalue weighted by molar-refractivity contribution is -0.0533. The number of likely N-dealkylation sites (tertiary alicyclic amines) is 1. The van der Waals surface area contributed by atoms with Crippen molar-refractivity contribution in [3.05, 3.63) is 48.6 Å². The number of nitrogens with zero attached hydrogens (tertiary/aromatic N) is 1. The number of ether oxygens (including phenoxy) is 2. The van der Waals surface area contributed by atoms with Crippen LogP contribution in [0.2, 0.25) is 0 Å². The third kappa shape index (κ3) is 6.33. The van der Waals surface area contributed by atoms with Crippen LogP contribution in [0.3, 0.4) is 0 Å². The zero-order valence-corrected chi connectivity index (χ0v) is 19.5. The Kier molecular flexibility index (Phi) is 7.82. The number of piperidine rings is 1. The standard InChI is InChI=1S/C26H40N2O3/c1-5-16-26(27)17-9-18-28(24(29)31-25(2,3)4)23(26)19-30-22-14-12-21(13-15-22)20-10-7-6-8-11-20/h5-8,10-11,21-23H,1,9,12-19,27H2,2-4H3/t21-,22+,23-,26-/m0/s1. The van der Waals surface area contributed by atoms with E-state index in [1.807, 2.05) is 26.8 Å². The lowest BCUT2D eigenvalue weighted by Crippen LogP contribution is -2.65. The monoisotopic (exact) mass is 428 g/mol. The largest absolute Gasteiger partial charge is 0.444 e. The minimum absolute atomic E-state index is 0.207. The summed E-state index contributed by atoms with van der Waals surface area (Å²) < 4.78 is 12.1. The SMILES string of the molecule is C=CC[C@]1(N)CCCN(C(=O)OC(C)(C)C)[C@H]1CO[C@H]1CC[C@@H](c2ccccc2)CC1. The fourth-order valence-corrected chi connectivity index (χ4v) is 5.03. The van der Waals surface area contributed by atoms with Crippen molar-refractivity contribution < 1.29 is 14.3 Å². The number of nitrogens with two attached hydrogens (primary N) is 1. The van der Waals surface area contributed by atoms with E-state index in [2.05, 4.69) is 36.9 Å². The first kappa shape index (κ1) is 23.8. The molecule has 1 saturated carbocycles. The highest BCUT2D eigenvalue weighted by Gasteiger charge is 2.44. The third-order valence-corrected chi connectivity index (χ3v) is 6.67.